The molecule has 2 fully saturated rings. The van der Waals surface area contributed by atoms with Crippen molar-refractivity contribution in [3.8, 4) is 0 Å². The molecule has 2 saturated heterocycles. The van der Waals surface area contributed by atoms with Crippen LogP contribution >= 0.6 is 12.4 Å². The molecule has 0 radical (unpaired) electrons. The van der Waals surface area contributed by atoms with E-state index in [4.69, 9.17) is 0 Å². The maximum absolute atomic E-state index is 13.4. The van der Waals surface area contributed by atoms with Crippen LogP contribution in [0.2, 0.25) is 0 Å². The van der Waals surface area contributed by atoms with Gasteiger partial charge in [0.05, 0.1) is 0 Å². The summed E-state index contributed by atoms with van der Waals surface area (Å²) in [6.07, 6.45) is 3.33. The third-order valence-corrected chi connectivity index (χ3v) is 4.73. The maximum atomic E-state index is 13.4. The van der Waals surface area contributed by atoms with Crippen LogP contribution in [0.15, 0.2) is 18.2 Å². The van der Waals surface area contributed by atoms with Crippen molar-refractivity contribution >= 4 is 18.3 Å². The number of hydrogen-bond acceptors (Lipinski definition) is 2. The summed E-state index contributed by atoms with van der Waals surface area (Å²) < 4.78 is 13.4. The number of halogens is 2. The topological polar surface area (TPSA) is 32.3 Å². The SMILES string of the molecule is Cc1cc(F)cc(C(=O)N2CCC3(CCNC3)CC2)c1.Cl. The fourth-order valence-electron chi connectivity index (χ4n) is 3.45. The highest BCUT2D eigenvalue weighted by Gasteiger charge is 2.38. The summed E-state index contributed by atoms with van der Waals surface area (Å²) in [5.41, 5.74) is 1.67. The molecule has 1 N–H and O–H groups in total. The highest BCUT2D eigenvalue weighted by atomic mass is 35.5. The third-order valence-electron chi connectivity index (χ3n) is 4.73. The zero-order chi connectivity index (χ0) is 14.2. The molecule has 0 aromatic heterocycles. The Kier molecular flexibility index (Phi) is 4.89. The van der Waals surface area contributed by atoms with E-state index in [-0.39, 0.29) is 24.1 Å². The number of piperidine rings is 1. The van der Waals surface area contributed by atoms with E-state index in [1.54, 1.807) is 6.07 Å². The van der Waals surface area contributed by atoms with Gasteiger partial charge in [0.15, 0.2) is 0 Å². The van der Waals surface area contributed by atoms with Crippen LogP contribution in [0.4, 0.5) is 4.39 Å². The van der Waals surface area contributed by atoms with Crippen LogP contribution in [0.3, 0.4) is 0 Å². The Balaban J connectivity index is 0.00000161. The van der Waals surface area contributed by atoms with Crippen LogP contribution in [0.1, 0.15) is 35.2 Å². The number of likely N-dealkylation sites (tertiary alicyclic amines) is 1. The summed E-state index contributed by atoms with van der Waals surface area (Å²) in [6.45, 7) is 5.56. The van der Waals surface area contributed by atoms with Crippen LogP contribution in [-0.2, 0) is 0 Å². The minimum atomic E-state index is -0.332. The summed E-state index contributed by atoms with van der Waals surface area (Å²) in [4.78, 5) is 14.3. The van der Waals surface area contributed by atoms with Gasteiger partial charge in [-0.25, -0.2) is 4.39 Å². The van der Waals surface area contributed by atoms with E-state index in [2.05, 4.69) is 5.32 Å². The van der Waals surface area contributed by atoms with Gasteiger partial charge in [0.25, 0.3) is 5.91 Å². The smallest absolute Gasteiger partial charge is 0.253 e. The molecule has 1 amide bonds. The first-order chi connectivity index (χ1) is 9.58. The molecule has 21 heavy (non-hydrogen) atoms. The van der Waals surface area contributed by atoms with Crippen LogP contribution in [-0.4, -0.2) is 37.0 Å². The molecule has 0 bridgehead atoms. The van der Waals surface area contributed by atoms with Gasteiger partial charge in [0.2, 0.25) is 0 Å². The summed E-state index contributed by atoms with van der Waals surface area (Å²) in [5.74, 6) is -0.366. The van der Waals surface area contributed by atoms with Gasteiger partial charge in [0.1, 0.15) is 5.82 Å². The van der Waals surface area contributed by atoms with Gasteiger partial charge < -0.3 is 10.2 Å². The molecule has 0 aliphatic carbocycles. The second-order valence-corrected chi connectivity index (χ2v) is 6.24. The summed E-state index contributed by atoms with van der Waals surface area (Å²) in [5, 5.41) is 3.42. The van der Waals surface area contributed by atoms with Crippen molar-refractivity contribution in [2.45, 2.75) is 26.2 Å². The number of carbonyl (C=O) groups is 1. The first kappa shape index (κ1) is 16.2. The van der Waals surface area contributed by atoms with E-state index in [9.17, 15) is 9.18 Å². The van der Waals surface area contributed by atoms with Crippen molar-refractivity contribution in [3.63, 3.8) is 0 Å². The summed E-state index contributed by atoms with van der Waals surface area (Å²) in [7, 11) is 0. The molecule has 3 nitrogen and oxygen atoms in total. The number of aryl methyl sites for hydroxylation is 1. The van der Waals surface area contributed by atoms with Gasteiger partial charge in [-0.2, -0.15) is 0 Å². The van der Waals surface area contributed by atoms with E-state index in [0.29, 0.717) is 11.0 Å². The summed E-state index contributed by atoms with van der Waals surface area (Å²) in [6, 6.07) is 4.57. The molecule has 2 aliphatic rings. The molecular weight excluding hydrogens is 291 g/mol. The Morgan fingerprint density at radius 1 is 1.24 bits per heavy atom. The number of amides is 1. The first-order valence-electron chi connectivity index (χ1n) is 7.35. The minimum absolute atomic E-state index is 0. The van der Waals surface area contributed by atoms with Gasteiger partial charge >= 0.3 is 0 Å². The van der Waals surface area contributed by atoms with Crippen LogP contribution < -0.4 is 5.32 Å². The van der Waals surface area contributed by atoms with Crippen molar-refractivity contribution < 1.29 is 9.18 Å². The van der Waals surface area contributed by atoms with E-state index in [1.165, 1.54) is 18.6 Å². The lowest BCUT2D eigenvalue weighted by Crippen LogP contribution is -2.44. The second-order valence-electron chi connectivity index (χ2n) is 6.24. The first-order valence-corrected chi connectivity index (χ1v) is 7.35. The van der Waals surface area contributed by atoms with Gasteiger partial charge in [0, 0.05) is 25.2 Å². The number of nitrogens with zero attached hydrogens (tertiary/aromatic N) is 1. The number of nitrogens with one attached hydrogen (secondary N) is 1. The fraction of sp³-hybridized carbons (Fsp3) is 0.562. The van der Waals surface area contributed by atoms with Crippen LogP contribution in [0.25, 0.3) is 0 Å². The van der Waals surface area contributed by atoms with Crippen molar-refractivity contribution in [1.82, 2.24) is 10.2 Å². The van der Waals surface area contributed by atoms with Crippen molar-refractivity contribution in [3.05, 3.63) is 35.1 Å². The lowest BCUT2D eigenvalue weighted by atomic mass is 9.78. The third kappa shape index (κ3) is 3.38. The average Bonchev–Trinajstić information content (AvgIpc) is 2.86. The molecule has 5 heteroatoms. The van der Waals surface area contributed by atoms with Gasteiger partial charge in [-0.3, -0.25) is 4.79 Å². The quantitative estimate of drug-likeness (QED) is 0.865. The average molecular weight is 313 g/mol. The normalized spacial score (nSPS) is 20.4. The van der Waals surface area contributed by atoms with E-state index >= 15 is 0 Å². The predicted octanol–water partition coefficient (Wildman–Crippen LogP) is 2.77. The van der Waals surface area contributed by atoms with Gasteiger partial charge in [-0.1, -0.05) is 0 Å². The number of benzene rings is 1. The van der Waals surface area contributed by atoms with E-state index in [1.807, 2.05) is 11.8 Å². The van der Waals surface area contributed by atoms with Crippen LogP contribution in [0.5, 0.6) is 0 Å². The minimum Gasteiger partial charge on any atom is -0.339 e. The van der Waals surface area contributed by atoms with E-state index in [0.717, 1.165) is 44.6 Å². The standard InChI is InChI=1S/C16H21FN2O.ClH/c1-12-8-13(10-14(17)9-12)15(20)19-6-3-16(4-7-19)2-5-18-11-16;/h8-10,18H,2-7,11H2,1H3;1H. The number of hydrogen-bond donors (Lipinski definition) is 1. The van der Waals surface area contributed by atoms with Gasteiger partial charge in [-0.15, -0.1) is 12.4 Å². The Hall–Kier alpha value is -1.13. The molecular formula is C16H22ClFN2O. The molecule has 1 spiro atoms. The predicted molar refractivity (Wildman–Crippen MR) is 83.4 cm³/mol. The molecule has 1 aromatic rings. The number of carbonyl (C=O) groups excluding carboxylic acids is 1. The molecule has 0 unspecified atom stereocenters. The molecule has 2 heterocycles. The largest absolute Gasteiger partial charge is 0.339 e. The van der Waals surface area contributed by atoms with Crippen molar-refractivity contribution in [1.29, 1.82) is 0 Å². The highest BCUT2D eigenvalue weighted by molar-refractivity contribution is 5.94. The number of rotatable bonds is 1. The van der Waals surface area contributed by atoms with Crippen LogP contribution in [0, 0.1) is 18.2 Å². The van der Waals surface area contributed by atoms with Crippen molar-refractivity contribution in [2.75, 3.05) is 26.2 Å². The Labute approximate surface area is 131 Å². The molecule has 0 saturated carbocycles. The van der Waals surface area contributed by atoms with E-state index < -0.39 is 0 Å². The lowest BCUT2D eigenvalue weighted by Gasteiger charge is -2.39. The zero-order valence-corrected chi connectivity index (χ0v) is 13.1. The highest BCUT2D eigenvalue weighted by Crippen LogP contribution is 2.37. The zero-order valence-electron chi connectivity index (χ0n) is 12.3. The molecule has 2 aliphatic heterocycles. The molecule has 3 rings (SSSR count). The van der Waals surface area contributed by atoms with Crippen molar-refractivity contribution in [2.24, 2.45) is 5.41 Å². The maximum Gasteiger partial charge on any atom is 0.253 e. The molecule has 1 aromatic carbocycles. The summed E-state index contributed by atoms with van der Waals surface area (Å²) >= 11 is 0. The molecule has 116 valence electrons. The Bertz CT molecular complexity index is 499. The fourth-order valence-corrected chi connectivity index (χ4v) is 3.45. The molecule has 0 atom stereocenters. The second kappa shape index (κ2) is 6.32. The Morgan fingerprint density at radius 2 is 1.95 bits per heavy atom. The van der Waals surface area contributed by atoms with Gasteiger partial charge in [-0.05, 0) is 61.9 Å². The monoisotopic (exact) mass is 312 g/mol. The lowest BCUT2D eigenvalue weighted by molar-refractivity contribution is 0.0607. The Morgan fingerprint density at radius 3 is 2.52 bits per heavy atom.